The van der Waals surface area contributed by atoms with Crippen LogP contribution in [0.1, 0.15) is 0 Å². The van der Waals surface area contributed by atoms with Crippen molar-refractivity contribution < 1.29 is 0 Å². The van der Waals surface area contributed by atoms with E-state index in [1.165, 1.54) is 0 Å². The van der Waals surface area contributed by atoms with Crippen LogP contribution in [0, 0.1) is 0 Å². The summed E-state index contributed by atoms with van der Waals surface area (Å²) in [6, 6.07) is 0. The van der Waals surface area contributed by atoms with Crippen LogP contribution in [-0.4, -0.2) is 13.0 Å². The van der Waals surface area contributed by atoms with E-state index in [9.17, 15) is 0 Å². The molecule has 0 aliphatic heterocycles. The lowest BCUT2D eigenvalue weighted by molar-refractivity contribution is 1.02. The zero-order chi connectivity index (χ0) is 6.15. The maximum atomic E-state index is 3.89. The van der Waals surface area contributed by atoms with Crippen molar-refractivity contribution in [2.75, 3.05) is 0 Å². The fourth-order valence-corrected chi connectivity index (χ4v) is 1.67. The number of rotatable bonds is 0. The Hall–Kier alpha value is 0.830. The summed E-state index contributed by atoms with van der Waals surface area (Å²) < 4.78 is 2.91. The van der Waals surface area contributed by atoms with Crippen molar-refractivity contribution in [1.29, 1.82) is 0 Å². The summed E-state index contributed by atoms with van der Waals surface area (Å²) in [6.45, 7) is 0. The van der Waals surface area contributed by atoms with Crippen LogP contribution >= 0.6 is 54.7 Å². The smallest absolute Gasteiger partial charge is 0.194 e. The second-order valence-electron chi connectivity index (χ2n) is 1.01. The van der Waals surface area contributed by atoms with E-state index < -0.39 is 0 Å². The first kappa shape index (κ1) is 6.94. The molecular weight excluding hydrogens is 353 g/mol. The lowest BCUT2D eigenvalue weighted by atomic mass is 11.3. The highest BCUT2D eigenvalue weighted by molar-refractivity contribution is 14.1. The van der Waals surface area contributed by atoms with Crippen molar-refractivity contribution in [3.8, 4) is 0 Å². The van der Waals surface area contributed by atoms with Gasteiger partial charge in [-0.05, 0) is 31.9 Å². The van der Waals surface area contributed by atoms with Gasteiger partial charge in [-0.3, -0.25) is 0 Å². The minimum atomic E-state index is 0.596. The molecule has 0 aliphatic carbocycles. The fourth-order valence-electron chi connectivity index (χ4n) is 0.253. The third kappa shape index (κ3) is 1.41. The largest absolute Gasteiger partial charge is 0.219 e. The van der Waals surface area contributed by atoms with E-state index in [1.807, 2.05) is 22.9 Å². The third-order valence-electron chi connectivity index (χ3n) is 0.507. The number of aromatic nitrogens is 3. The van der Waals surface area contributed by atoms with Gasteiger partial charge in [0.25, 0.3) is 0 Å². The molecule has 6 heteroatoms. The monoisotopic (exact) mass is 351 g/mol. The summed E-state index contributed by atoms with van der Waals surface area (Å²) in [7, 11) is 0. The Kier molecular flexibility index (Phi) is 2.27. The van der Waals surface area contributed by atoms with Crippen LogP contribution in [0.2, 0.25) is 0 Å². The van der Waals surface area contributed by atoms with Crippen molar-refractivity contribution in [3.05, 3.63) is 9.47 Å². The van der Waals surface area contributed by atoms with Crippen molar-refractivity contribution in [1.82, 2.24) is 13.0 Å². The molecule has 0 aliphatic rings. The van der Waals surface area contributed by atoms with Crippen molar-refractivity contribution in [2.45, 2.75) is 0 Å². The molecule has 1 aromatic heterocycles. The molecule has 0 aromatic carbocycles. The quantitative estimate of drug-likeness (QED) is 0.669. The lowest BCUT2D eigenvalue weighted by Crippen LogP contribution is -1.78. The molecule has 1 aromatic rings. The highest BCUT2D eigenvalue weighted by atomic mass is 127. The Labute approximate surface area is 76.6 Å². The molecule has 0 spiro atoms. The molecule has 0 bridgehead atoms. The topological polar surface area (TPSA) is 30.7 Å². The maximum absolute atomic E-state index is 3.89. The Bertz CT molecular complexity index is 178. The molecule has 0 fully saturated rings. The molecule has 0 saturated carbocycles. The second kappa shape index (κ2) is 2.61. The molecular formula is C2Br2IN3. The molecule has 0 amide bonds. The van der Waals surface area contributed by atoms with Gasteiger partial charge >= 0.3 is 0 Å². The minimum absolute atomic E-state index is 0.596. The molecule has 0 atom stereocenters. The summed E-state index contributed by atoms with van der Waals surface area (Å²) in [5.41, 5.74) is 0. The Morgan fingerprint density at radius 3 is 2.25 bits per heavy atom. The highest BCUT2D eigenvalue weighted by Gasteiger charge is 1.98. The van der Waals surface area contributed by atoms with Gasteiger partial charge in [-0.2, -0.15) is 7.88 Å². The van der Waals surface area contributed by atoms with Crippen molar-refractivity contribution in [2.24, 2.45) is 0 Å². The molecule has 1 rings (SSSR count). The standard InChI is InChI=1S/C2Br2IN3/c3-1-6-2(4)8(5)7-1. The van der Waals surface area contributed by atoms with E-state index in [0.29, 0.717) is 9.47 Å². The van der Waals surface area contributed by atoms with Gasteiger partial charge in [0.1, 0.15) is 0 Å². The van der Waals surface area contributed by atoms with E-state index >= 15 is 0 Å². The summed E-state index contributed by atoms with van der Waals surface area (Å²) in [5.74, 6) is 0. The van der Waals surface area contributed by atoms with Crippen LogP contribution in [0.4, 0.5) is 0 Å². The number of halogens is 3. The first-order chi connectivity index (χ1) is 3.70. The normalized spacial score (nSPS) is 9.88. The van der Waals surface area contributed by atoms with Crippen molar-refractivity contribution >= 4 is 54.7 Å². The van der Waals surface area contributed by atoms with Crippen LogP contribution in [0.3, 0.4) is 0 Å². The summed E-state index contributed by atoms with van der Waals surface area (Å²) in [6.07, 6.45) is 0. The predicted octanol–water partition coefficient (Wildman–Crippen LogP) is 2.00. The van der Waals surface area contributed by atoms with E-state index in [1.54, 1.807) is 2.90 Å². The molecule has 0 radical (unpaired) electrons. The van der Waals surface area contributed by atoms with E-state index in [-0.39, 0.29) is 0 Å². The summed E-state index contributed by atoms with van der Waals surface area (Å²) in [5, 5.41) is 3.87. The molecule has 0 N–H and O–H groups in total. The zero-order valence-corrected chi connectivity index (χ0v) is 8.81. The van der Waals surface area contributed by atoms with Gasteiger partial charge in [0.05, 0.1) is 22.9 Å². The van der Waals surface area contributed by atoms with Crippen LogP contribution in [-0.2, 0) is 0 Å². The van der Waals surface area contributed by atoms with Gasteiger partial charge in [-0.25, -0.2) is 0 Å². The van der Waals surface area contributed by atoms with Gasteiger partial charge < -0.3 is 0 Å². The van der Waals surface area contributed by atoms with Crippen LogP contribution in [0.25, 0.3) is 0 Å². The predicted molar refractivity (Wildman–Crippen MR) is 44.8 cm³/mol. The van der Waals surface area contributed by atoms with Gasteiger partial charge in [-0.15, -0.1) is 5.10 Å². The van der Waals surface area contributed by atoms with Crippen molar-refractivity contribution in [3.63, 3.8) is 0 Å². The molecule has 0 unspecified atom stereocenters. The molecule has 3 nitrogen and oxygen atoms in total. The molecule has 8 heavy (non-hydrogen) atoms. The van der Waals surface area contributed by atoms with Crippen LogP contribution in [0.15, 0.2) is 9.47 Å². The first-order valence-corrected chi connectivity index (χ1v) is 4.19. The maximum Gasteiger partial charge on any atom is 0.219 e. The third-order valence-corrected chi connectivity index (χ3v) is 2.69. The second-order valence-corrected chi connectivity index (χ2v) is 3.34. The average Bonchev–Trinajstić information content (AvgIpc) is 1.85. The number of hydrogen-bond donors (Lipinski definition) is 0. The Morgan fingerprint density at radius 1 is 1.50 bits per heavy atom. The van der Waals surface area contributed by atoms with Gasteiger partial charge in [0.15, 0.2) is 0 Å². The van der Waals surface area contributed by atoms with Gasteiger partial charge in [0, 0.05) is 0 Å². The zero-order valence-electron chi connectivity index (χ0n) is 3.48. The lowest BCUT2D eigenvalue weighted by Gasteiger charge is -1.78. The van der Waals surface area contributed by atoms with E-state index in [2.05, 4.69) is 41.9 Å². The van der Waals surface area contributed by atoms with Crippen LogP contribution in [0.5, 0.6) is 0 Å². The Morgan fingerprint density at radius 2 is 2.12 bits per heavy atom. The van der Waals surface area contributed by atoms with E-state index in [4.69, 9.17) is 0 Å². The SMILES string of the molecule is Brc1nc(Br)n(I)n1. The molecule has 1 heterocycles. The van der Waals surface area contributed by atoms with Gasteiger partial charge in [-0.1, -0.05) is 0 Å². The summed E-state index contributed by atoms with van der Waals surface area (Å²) in [4.78, 5) is 3.89. The average molecular weight is 353 g/mol. The molecule has 44 valence electrons. The number of hydrogen-bond acceptors (Lipinski definition) is 2. The first-order valence-electron chi connectivity index (χ1n) is 1.64. The van der Waals surface area contributed by atoms with Gasteiger partial charge in [0.2, 0.25) is 9.47 Å². The number of nitrogens with zero attached hydrogens (tertiary/aromatic N) is 3. The van der Waals surface area contributed by atoms with E-state index in [0.717, 1.165) is 0 Å². The fraction of sp³-hybridized carbons (Fsp3) is 0. The minimum Gasteiger partial charge on any atom is -0.194 e. The highest BCUT2D eigenvalue weighted by Crippen LogP contribution is 2.12. The van der Waals surface area contributed by atoms with Crippen LogP contribution < -0.4 is 0 Å². The summed E-state index contributed by atoms with van der Waals surface area (Å²) >= 11 is 8.28. The Balaban J connectivity index is 3.14. The molecule has 0 saturated heterocycles.